The number of nitrogens with one attached hydrogen (secondary N) is 1. The van der Waals surface area contributed by atoms with Gasteiger partial charge in [-0.2, -0.15) is 0 Å². The molecule has 0 saturated carbocycles. The van der Waals surface area contributed by atoms with E-state index in [1.807, 2.05) is 11.8 Å². The quantitative estimate of drug-likeness (QED) is 0.826. The van der Waals surface area contributed by atoms with Gasteiger partial charge in [0.15, 0.2) is 0 Å². The van der Waals surface area contributed by atoms with Crippen LogP contribution in [0.5, 0.6) is 0 Å². The molecule has 1 heterocycles. The smallest absolute Gasteiger partial charge is 0.0379 e. The molecule has 20 heavy (non-hydrogen) atoms. The Balaban J connectivity index is 2.07. The highest BCUT2D eigenvalue weighted by Crippen LogP contribution is 2.30. The largest absolute Gasteiger partial charge is 0.368 e. The molecule has 0 aliphatic carbocycles. The number of hydrogen-bond donors (Lipinski definition) is 1. The van der Waals surface area contributed by atoms with Crippen molar-refractivity contribution in [3.8, 4) is 0 Å². The second-order valence-corrected chi connectivity index (χ2v) is 6.72. The van der Waals surface area contributed by atoms with Crippen LogP contribution in [0.3, 0.4) is 0 Å². The van der Waals surface area contributed by atoms with Gasteiger partial charge in [-0.25, -0.2) is 0 Å². The second-order valence-electron chi connectivity index (χ2n) is 5.84. The summed E-state index contributed by atoms with van der Waals surface area (Å²) in [5.41, 5.74) is 1.38. The molecule has 0 amide bonds. The lowest BCUT2D eigenvalue weighted by molar-refractivity contribution is 0.271. The van der Waals surface area contributed by atoms with Crippen LogP contribution in [0.15, 0.2) is 29.2 Å². The van der Waals surface area contributed by atoms with Gasteiger partial charge in [0.05, 0.1) is 0 Å². The molecular weight excluding hydrogens is 264 g/mol. The van der Waals surface area contributed by atoms with Crippen LogP contribution < -0.4 is 10.2 Å². The van der Waals surface area contributed by atoms with E-state index in [1.54, 1.807) is 0 Å². The van der Waals surface area contributed by atoms with Crippen LogP contribution in [0.4, 0.5) is 5.69 Å². The first-order chi connectivity index (χ1) is 9.67. The second kappa shape index (κ2) is 7.37. The third kappa shape index (κ3) is 3.50. The summed E-state index contributed by atoms with van der Waals surface area (Å²) in [6.07, 6.45) is 4.61. The van der Waals surface area contributed by atoms with Gasteiger partial charge in [0.25, 0.3) is 0 Å². The molecule has 2 nitrogen and oxygen atoms in total. The number of thioether (sulfide) groups is 1. The highest BCUT2D eigenvalue weighted by atomic mass is 32.2. The van der Waals surface area contributed by atoms with Crippen molar-refractivity contribution in [1.82, 2.24) is 5.32 Å². The minimum Gasteiger partial charge on any atom is -0.368 e. The molecule has 0 spiro atoms. The Bertz CT molecular complexity index is 421. The van der Waals surface area contributed by atoms with E-state index >= 15 is 0 Å². The van der Waals surface area contributed by atoms with E-state index < -0.39 is 0 Å². The Morgan fingerprint density at radius 1 is 1.35 bits per heavy atom. The summed E-state index contributed by atoms with van der Waals surface area (Å²) < 4.78 is 0. The number of rotatable bonds is 5. The van der Waals surface area contributed by atoms with Crippen molar-refractivity contribution >= 4 is 17.4 Å². The van der Waals surface area contributed by atoms with E-state index in [-0.39, 0.29) is 0 Å². The number of piperidine rings is 1. The van der Waals surface area contributed by atoms with Gasteiger partial charge in [0.1, 0.15) is 0 Å². The molecule has 0 radical (unpaired) electrons. The highest BCUT2D eigenvalue weighted by molar-refractivity contribution is 7.98. The van der Waals surface area contributed by atoms with Gasteiger partial charge >= 0.3 is 0 Å². The van der Waals surface area contributed by atoms with Crippen molar-refractivity contribution in [2.24, 2.45) is 5.92 Å². The Labute approximate surface area is 128 Å². The zero-order valence-electron chi connectivity index (χ0n) is 13.2. The number of anilines is 1. The van der Waals surface area contributed by atoms with Crippen molar-refractivity contribution in [1.29, 1.82) is 0 Å². The maximum Gasteiger partial charge on any atom is 0.0379 e. The van der Waals surface area contributed by atoms with Crippen molar-refractivity contribution in [3.63, 3.8) is 0 Å². The molecule has 1 aliphatic rings. The Morgan fingerprint density at radius 2 is 2.15 bits per heavy atom. The van der Waals surface area contributed by atoms with Gasteiger partial charge in [-0.15, -0.1) is 11.8 Å². The van der Waals surface area contributed by atoms with E-state index in [4.69, 9.17) is 0 Å². The van der Waals surface area contributed by atoms with Gasteiger partial charge in [0, 0.05) is 29.2 Å². The Hall–Kier alpha value is -0.670. The molecule has 2 rings (SSSR count). The van der Waals surface area contributed by atoms with Gasteiger partial charge in [0.2, 0.25) is 0 Å². The summed E-state index contributed by atoms with van der Waals surface area (Å²) in [5.74, 6) is 0.688. The zero-order chi connectivity index (χ0) is 14.5. The summed E-state index contributed by atoms with van der Waals surface area (Å²) in [6.45, 7) is 9.30. The van der Waals surface area contributed by atoms with Gasteiger partial charge in [-0.3, -0.25) is 0 Å². The fraction of sp³-hybridized carbons (Fsp3) is 0.647. The summed E-state index contributed by atoms with van der Waals surface area (Å²) >= 11 is 1.82. The predicted octanol–water partition coefficient (Wildman–Crippen LogP) is 4.01. The summed E-state index contributed by atoms with van der Waals surface area (Å²) in [5, 5.41) is 3.72. The van der Waals surface area contributed by atoms with Gasteiger partial charge in [-0.1, -0.05) is 19.9 Å². The van der Waals surface area contributed by atoms with E-state index in [0.29, 0.717) is 18.0 Å². The third-order valence-corrected chi connectivity index (χ3v) is 5.34. The first kappa shape index (κ1) is 15.7. The van der Waals surface area contributed by atoms with Gasteiger partial charge < -0.3 is 10.2 Å². The molecule has 112 valence electrons. The normalized spacial score (nSPS) is 26.8. The number of benzene rings is 1. The summed E-state index contributed by atoms with van der Waals surface area (Å²) in [6, 6.07) is 10.2. The summed E-state index contributed by atoms with van der Waals surface area (Å²) in [4.78, 5) is 3.93. The van der Waals surface area contributed by atoms with Crippen molar-refractivity contribution in [2.45, 2.75) is 50.6 Å². The molecule has 3 heteroatoms. The molecule has 1 fully saturated rings. The average Bonchev–Trinajstić information content (AvgIpc) is 2.49. The van der Waals surface area contributed by atoms with Crippen LogP contribution in [0, 0.1) is 5.92 Å². The molecule has 1 saturated heterocycles. The maximum absolute atomic E-state index is 3.72. The van der Waals surface area contributed by atoms with E-state index in [0.717, 1.165) is 13.1 Å². The highest BCUT2D eigenvalue weighted by Gasteiger charge is 2.32. The average molecular weight is 292 g/mol. The Morgan fingerprint density at radius 3 is 2.85 bits per heavy atom. The van der Waals surface area contributed by atoms with Gasteiger partial charge in [-0.05, 0) is 56.7 Å². The standard InChI is InChI=1S/C17H28N2S/c1-5-10-18-17-9-11-19(14(3)13(17)2)15-7-6-8-16(12-15)20-4/h6-8,12-14,17-18H,5,9-11H2,1-4H3. The lowest BCUT2D eigenvalue weighted by atomic mass is 9.86. The van der Waals surface area contributed by atoms with Crippen LogP contribution in [0.2, 0.25) is 0 Å². The topological polar surface area (TPSA) is 15.3 Å². The van der Waals surface area contributed by atoms with E-state index in [9.17, 15) is 0 Å². The molecule has 3 unspecified atom stereocenters. The number of hydrogen-bond acceptors (Lipinski definition) is 3. The van der Waals surface area contributed by atoms with Crippen LogP contribution in [-0.4, -0.2) is 31.4 Å². The monoisotopic (exact) mass is 292 g/mol. The molecular formula is C17H28N2S. The molecule has 3 atom stereocenters. The molecule has 0 bridgehead atoms. The summed E-state index contributed by atoms with van der Waals surface area (Å²) in [7, 11) is 0. The molecule has 1 aromatic rings. The SMILES string of the molecule is CCCNC1CCN(c2cccc(SC)c2)C(C)C1C. The van der Waals surface area contributed by atoms with E-state index in [2.05, 4.69) is 61.5 Å². The fourth-order valence-corrected chi connectivity index (χ4v) is 3.59. The zero-order valence-corrected chi connectivity index (χ0v) is 14.0. The lowest BCUT2D eigenvalue weighted by Gasteiger charge is -2.44. The molecule has 1 aliphatic heterocycles. The van der Waals surface area contributed by atoms with Crippen LogP contribution in [-0.2, 0) is 0 Å². The number of nitrogens with zero attached hydrogens (tertiary/aromatic N) is 1. The first-order valence-corrected chi connectivity index (χ1v) is 9.04. The molecule has 0 aromatic heterocycles. The van der Waals surface area contributed by atoms with Crippen molar-refractivity contribution < 1.29 is 0 Å². The third-order valence-electron chi connectivity index (χ3n) is 4.61. The van der Waals surface area contributed by atoms with Crippen LogP contribution in [0.1, 0.15) is 33.6 Å². The molecule has 1 N–H and O–H groups in total. The maximum atomic E-state index is 3.72. The minimum absolute atomic E-state index is 0.593. The Kier molecular flexibility index (Phi) is 5.79. The fourth-order valence-electron chi connectivity index (χ4n) is 3.14. The minimum atomic E-state index is 0.593. The molecule has 1 aromatic carbocycles. The van der Waals surface area contributed by atoms with Crippen molar-refractivity contribution in [2.75, 3.05) is 24.2 Å². The van der Waals surface area contributed by atoms with Crippen LogP contribution >= 0.6 is 11.8 Å². The van der Waals surface area contributed by atoms with Crippen molar-refractivity contribution in [3.05, 3.63) is 24.3 Å². The lowest BCUT2D eigenvalue weighted by Crippen LogP contribution is -2.53. The van der Waals surface area contributed by atoms with E-state index in [1.165, 1.54) is 23.4 Å². The van der Waals surface area contributed by atoms with Crippen LogP contribution in [0.25, 0.3) is 0 Å². The predicted molar refractivity (Wildman–Crippen MR) is 90.9 cm³/mol. The first-order valence-electron chi connectivity index (χ1n) is 7.81.